The first-order chi connectivity index (χ1) is 7.41. The van der Waals surface area contributed by atoms with Gasteiger partial charge >= 0.3 is 5.97 Å². The highest BCUT2D eigenvalue weighted by Gasteiger charge is 2.16. The Hall–Kier alpha value is -1.91. The largest absolute Gasteiger partial charge is 0.480 e. The molecule has 86 valence electrons. The van der Waals surface area contributed by atoms with Gasteiger partial charge in [0.25, 0.3) is 5.91 Å². The maximum atomic E-state index is 12.8. The molecule has 0 unspecified atom stereocenters. The number of amides is 1. The van der Waals surface area contributed by atoms with E-state index >= 15 is 0 Å². The summed E-state index contributed by atoms with van der Waals surface area (Å²) in [7, 11) is 1.39. The summed E-state index contributed by atoms with van der Waals surface area (Å²) in [6.45, 7) is 1.22. The number of carboxylic acids is 1. The van der Waals surface area contributed by atoms with Crippen LogP contribution >= 0.6 is 0 Å². The number of likely N-dealkylation sites (N-methyl/N-ethyl adjacent to an activating group) is 1. The van der Waals surface area contributed by atoms with Crippen LogP contribution in [0, 0.1) is 12.7 Å². The zero-order chi connectivity index (χ0) is 12.3. The van der Waals surface area contributed by atoms with Gasteiger partial charge in [0, 0.05) is 12.6 Å². The van der Waals surface area contributed by atoms with Gasteiger partial charge in [-0.25, -0.2) is 4.39 Å². The van der Waals surface area contributed by atoms with Gasteiger partial charge in [-0.05, 0) is 30.7 Å². The Morgan fingerprint density at radius 2 is 2.06 bits per heavy atom. The zero-order valence-electron chi connectivity index (χ0n) is 9.03. The minimum absolute atomic E-state index is 0.310. The highest BCUT2D eigenvalue weighted by atomic mass is 19.1. The second kappa shape index (κ2) is 4.74. The molecule has 0 fully saturated rings. The molecule has 0 aromatic heterocycles. The molecule has 0 bridgehead atoms. The van der Waals surface area contributed by atoms with Crippen LogP contribution in [-0.4, -0.2) is 35.5 Å². The quantitative estimate of drug-likeness (QED) is 0.843. The van der Waals surface area contributed by atoms with Gasteiger partial charge in [0.1, 0.15) is 12.4 Å². The van der Waals surface area contributed by atoms with Crippen LogP contribution in [0.5, 0.6) is 0 Å². The van der Waals surface area contributed by atoms with Crippen molar-refractivity contribution in [2.75, 3.05) is 13.6 Å². The first-order valence-electron chi connectivity index (χ1n) is 4.65. The number of carboxylic acid groups (broad SMARTS) is 1. The molecular formula is C11H12FNO3. The molecule has 1 amide bonds. The Morgan fingerprint density at radius 3 is 2.56 bits per heavy atom. The molecule has 1 N–H and O–H groups in total. The van der Waals surface area contributed by atoms with E-state index in [1.54, 1.807) is 6.92 Å². The van der Waals surface area contributed by atoms with Crippen LogP contribution in [0.4, 0.5) is 4.39 Å². The first-order valence-corrected chi connectivity index (χ1v) is 4.65. The number of hydrogen-bond donors (Lipinski definition) is 1. The van der Waals surface area contributed by atoms with Gasteiger partial charge in [-0.15, -0.1) is 0 Å². The van der Waals surface area contributed by atoms with E-state index in [1.807, 2.05) is 0 Å². The second-order valence-corrected chi connectivity index (χ2v) is 3.51. The van der Waals surface area contributed by atoms with Crippen molar-refractivity contribution in [2.24, 2.45) is 0 Å². The summed E-state index contributed by atoms with van der Waals surface area (Å²) in [6.07, 6.45) is 0. The van der Waals surface area contributed by atoms with Crippen molar-refractivity contribution in [3.8, 4) is 0 Å². The van der Waals surface area contributed by atoms with Crippen molar-refractivity contribution in [3.63, 3.8) is 0 Å². The number of hydrogen-bond acceptors (Lipinski definition) is 2. The van der Waals surface area contributed by atoms with Crippen LogP contribution in [0.1, 0.15) is 15.9 Å². The molecule has 0 radical (unpaired) electrons. The third-order valence-corrected chi connectivity index (χ3v) is 2.14. The summed E-state index contributed by atoms with van der Waals surface area (Å²) >= 11 is 0. The Labute approximate surface area is 92.3 Å². The van der Waals surface area contributed by atoms with Crippen LogP contribution in [-0.2, 0) is 4.79 Å². The lowest BCUT2D eigenvalue weighted by Crippen LogP contribution is -2.32. The molecule has 0 saturated heterocycles. The van der Waals surface area contributed by atoms with E-state index in [2.05, 4.69) is 0 Å². The molecule has 1 rings (SSSR count). The fraction of sp³-hybridized carbons (Fsp3) is 0.273. The van der Waals surface area contributed by atoms with E-state index in [9.17, 15) is 14.0 Å². The third kappa shape index (κ3) is 2.79. The summed E-state index contributed by atoms with van der Waals surface area (Å²) < 4.78 is 12.8. The summed E-state index contributed by atoms with van der Waals surface area (Å²) in [5, 5.41) is 8.54. The summed E-state index contributed by atoms with van der Waals surface area (Å²) in [4.78, 5) is 23.3. The third-order valence-electron chi connectivity index (χ3n) is 2.14. The molecule has 0 heterocycles. The molecule has 16 heavy (non-hydrogen) atoms. The van der Waals surface area contributed by atoms with E-state index in [0.717, 1.165) is 4.90 Å². The number of aliphatic carboxylic acids is 1. The summed E-state index contributed by atoms with van der Waals surface area (Å²) in [5.41, 5.74) is 0.799. The molecule has 0 aliphatic heterocycles. The van der Waals surface area contributed by atoms with Crippen LogP contribution in [0.2, 0.25) is 0 Å². The maximum absolute atomic E-state index is 12.8. The molecule has 5 heteroatoms. The van der Waals surface area contributed by atoms with Crippen molar-refractivity contribution >= 4 is 11.9 Å². The van der Waals surface area contributed by atoms with Gasteiger partial charge in [-0.3, -0.25) is 9.59 Å². The second-order valence-electron chi connectivity index (χ2n) is 3.51. The molecule has 0 aliphatic carbocycles. The Kier molecular flexibility index (Phi) is 3.60. The Bertz CT molecular complexity index is 431. The SMILES string of the molecule is Cc1cc(F)ccc1C(=O)N(C)CC(=O)O. The number of halogens is 1. The molecule has 0 atom stereocenters. The van der Waals surface area contributed by atoms with Crippen molar-refractivity contribution in [2.45, 2.75) is 6.92 Å². The number of benzene rings is 1. The molecule has 0 aliphatic rings. The predicted octanol–water partition coefficient (Wildman–Crippen LogP) is 1.29. The molecule has 1 aromatic carbocycles. The fourth-order valence-electron chi connectivity index (χ4n) is 1.35. The van der Waals surface area contributed by atoms with Crippen molar-refractivity contribution in [1.82, 2.24) is 4.90 Å². The molecular weight excluding hydrogens is 213 g/mol. The van der Waals surface area contributed by atoms with E-state index < -0.39 is 17.7 Å². The number of aryl methyl sites for hydroxylation is 1. The molecule has 0 saturated carbocycles. The van der Waals surface area contributed by atoms with E-state index in [1.165, 1.54) is 25.2 Å². The van der Waals surface area contributed by atoms with Gasteiger partial charge in [0.15, 0.2) is 0 Å². The van der Waals surface area contributed by atoms with Gasteiger partial charge in [0.05, 0.1) is 0 Å². The van der Waals surface area contributed by atoms with Crippen molar-refractivity contribution in [3.05, 3.63) is 35.1 Å². The Balaban J connectivity index is 2.92. The minimum Gasteiger partial charge on any atom is -0.480 e. The normalized spacial score (nSPS) is 9.94. The lowest BCUT2D eigenvalue weighted by molar-refractivity contribution is -0.137. The van der Waals surface area contributed by atoms with Gasteiger partial charge in [-0.2, -0.15) is 0 Å². The number of carbonyl (C=O) groups is 2. The maximum Gasteiger partial charge on any atom is 0.323 e. The van der Waals surface area contributed by atoms with E-state index in [0.29, 0.717) is 11.1 Å². The van der Waals surface area contributed by atoms with Gasteiger partial charge < -0.3 is 10.0 Å². The number of carbonyl (C=O) groups excluding carboxylic acids is 1. The van der Waals surface area contributed by atoms with E-state index in [-0.39, 0.29) is 6.54 Å². The lowest BCUT2D eigenvalue weighted by atomic mass is 10.1. The highest BCUT2D eigenvalue weighted by Crippen LogP contribution is 2.12. The van der Waals surface area contributed by atoms with E-state index in [4.69, 9.17) is 5.11 Å². The van der Waals surface area contributed by atoms with Crippen molar-refractivity contribution in [1.29, 1.82) is 0 Å². The standard InChI is InChI=1S/C11H12FNO3/c1-7-5-8(12)3-4-9(7)11(16)13(2)6-10(14)15/h3-5H,6H2,1-2H3,(H,14,15). The molecule has 1 aromatic rings. The van der Waals surface area contributed by atoms with Gasteiger partial charge in [-0.1, -0.05) is 0 Å². The van der Waals surface area contributed by atoms with Crippen LogP contribution in [0.15, 0.2) is 18.2 Å². The van der Waals surface area contributed by atoms with Crippen LogP contribution < -0.4 is 0 Å². The highest BCUT2D eigenvalue weighted by molar-refractivity contribution is 5.96. The van der Waals surface area contributed by atoms with Gasteiger partial charge in [0.2, 0.25) is 0 Å². The topological polar surface area (TPSA) is 57.6 Å². The predicted molar refractivity (Wildman–Crippen MR) is 55.7 cm³/mol. The van der Waals surface area contributed by atoms with Crippen molar-refractivity contribution < 1.29 is 19.1 Å². The minimum atomic E-state index is -1.09. The van der Waals surface area contributed by atoms with Crippen LogP contribution in [0.3, 0.4) is 0 Å². The summed E-state index contributed by atoms with van der Waals surface area (Å²) in [6, 6.07) is 3.77. The first kappa shape index (κ1) is 12.2. The monoisotopic (exact) mass is 225 g/mol. The average Bonchev–Trinajstić information content (AvgIpc) is 2.15. The molecule has 0 spiro atoms. The molecule has 4 nitrogen and oxygen atoms in total. The Morgan fingerprint density at radius 1 is 1.44 bits per heavy atom. The number of rotatable bonds is 3. The lowest BCUT2D eigenvalue weighted by Gasteiger charge is -2.15. The fourth-order valence-corrected chi connectivity index (χ4v) is 1.35. The van der Waals surface area contributed by atoms with Crippen LogP contribution in [0.25, 0.3) is 0 Å². The smallest absolute Gasteiger partial charge is 0.323 e. The average molecular weight is 225 g/mol. The summed E-state index contributed by atoms with van der Waals surface area (Å²) in [5.74, 6) is -1.94. The number of nitrogens with zero attached hydrogens (tertiary/aromatic N) is 1. The zero-order valence-corrected chi connectivity index (χ0v) is 9.03.